The Balaban J connectivity index is 1.48. The number of carbonyl (C=O) groups is 1. The number of nitrogens with one attached hydrogen (secondary N) is 1. The number of nitrogens with zero attached hydrogens (tertiary/aromatic N) is 2. The number of amides is 1. The highest BCUT2D eigenvalue weighted by Gasteiger charge is 2.10. The predicted octanol–water partition coefficient (Wildman–Crippen LogP) is 4.58. The zero-order chi connectivity index (χ0) is 20.6. The Kier molecular flexibility index (Phi) is 7.28. The number of ether oxygens (including phenoxy) is 1. The normalized spacial score (nSPS) is 11.0. The second-order valence-corrected chi connectivity index (χ2v) is 7.53. The molecule has 3 aromatic rings. The first-order valence-corrected chi connectivity index (χ1v) is 10.5. The number of imidazole rings is 1. The Morgan fingerprint density at radius 3 is 2.79 bits per heavy atom. The lowest BCUT2D eigenvalue weighted by Crippen LogP contribution is -2.30. The van der Waals surface area contributed by atoms with Crippen molar-refractivity contribution in [2.75, 3.05) is 13.2 Å². The third kappa shape index (κ3) is 5.59. The predicted molar refractivity (Wildman–Crippen MR) is 117 cm³/mol. The number of aryl methyl sites for hydroxylation is 4. The van der Waals surface area contributed by atoms with Crippen molar-refractivity contribution in [3.05, 3.63) is 59.4 Å². The van der Waals surface area contributed by atoms with E-state index in [-0.39, 0.29) is 12.5 Å². The van der Waals surface area contributed by atoms with Crippen LogP contribution in [0.3, 0.4) is 0 Å². The summed E-state index contributed by atoms with van der Waals surface area (Å²) in [5, 5.41) is 2.95. The molecule has 3 rings (SSSR count). The van der Waals surface area contributed by atoms with E-state index in [4.69, 9.17) is 9.72 Å². The van der Waals surface area contributed by atoms with Crippen LogP contribution in [0, 0.1) is 13.8 Å². The maximum atomic E-state index is 12.1. The van der Waals surface area contributed by atoms with Crippen molar-refractivity contribution in [1.29, 1.82) is 0 Å². The van der Waals surface area contributed by atoms with Crippen molar-refractivity contribution in [3.63, 3.8) is 0 Å². The number of hydrogen-bond acceptors (Lipinski definition) is 3. The molecule has 1 heterocycles. The average molecular weight is 394 g/mol. The molecule has 0 radical (unpaired) electrons. The number of benzene rings is 2. The lowest BCUT2D eigenvalue weighted by atomic mass is 10.1. The van der Waals surface area contributed by atoms with Gasteiger partial charge in [-0.3, -0.25) is 4.79 Å². The van der Waals surface area contributed by atoms with Crippen molar-refractivity contribution < 1.29 is 9.53 Å². The molecule has 154 valence electrons. The summed E-state index contributed by atoms with van der Waals surface area (Å²) in [5.41, 5.74) is 4.40. The molecule has 0 atom stereocenters. The molecular weight excluding hydrogens is 362 g/mol. The van der Waals surface area contributed by atoms with Crippen LogP contribution in [0.4, 0.5) is 0 Å². The van der Waals surface area contributed by atoms with Crippen molar-refractivity contribution in [2.24, 2.45) is 0 Å². The lowest BCUT2D eigenvalue weighted by Gasteiger charge is -2.11. The molecule has 0 spiro atoms. The van der Waals surface area contributed by atoms with Crippen molar-refractivity contribution in [1.82, 2.24) is 14.9 Å². The molecule has 29 heavy (non-hydrogen) atoms. The number of aromatic nitrogens is 2. The quantitative estimate of drug-likeness (QED) is 0.513. The Bertz CT molecular complexity index is 962. The first-order chi connectivity index (χ1) is 14.1. The van der Waals surface area contributed by atoms with Crippen LogP contribution in [0.25, 0.3) is 11.0 Å². The van der Waals surface area contributed by atoms with Gasteiger partial charge >= 0.3 is 0 Å². The van der Waals surface area contributed by atoms with E-state index in [0.29, 0.717) is 6.54 Å². The summed E-state index contributed by atoms with van der Waals surface area (Å²) in [5.74, 6) is 1.77. The molecule has 0 saturated carbocycles. The first kappa shape index (κ1) is 20.9. The van der Waals surface area contributed by atoms with E-state index in [0.717, 1.165) is 60.4 Å². The Hall–Kier alpha value is -2.82. The molecule has 1 aromatic heterocycles. The summed E-state index contributed by atoms with van der Waals surface area (Å²) in [6.07, 6.45) is 3.99. The summed E-state index contributed by atoms with van der Waals surface area (Å²) in [6, 6.07) is 14.3. The van der Waals surface area contributed by atoms with Gasteiger partial charge in [0.25, 0.3) is 5.91 Å². The van der Waals surface area contributed by atoms with Gasteiger partial charge in [-0.05, 0) is 56.0 Å². The van der Waals surface area contributed by atoms with Gasteiger partial charge in [0.1, 0.15) is 11.6 Å². The van der Waals surface area contributed by atoms with Gasteiger partial charge in [-0.1, -0.05) is 37.6 Å². The number of unbranched alkanes of at least 4 members (excludes halogenated alkanes) is 1. The molecule has 0 saturated heterocycles. The summed E-state index contributed by atoms with van der Waals surface area (Å²) in [4.78, 5) is 16.9. The van der Waals surface area contributed by atoms with Gasteiger partial charge < -0.3 is 14.6 Å². The van der Waals surface area contributed by atoms with E-state index in [9.17, 15) is 4.79 Å². The van der Waals surface area contributed by atoms with Crippen molar-refractivity contribution >= 4 is 16.9 Å². The van der Waals surface area contributed by atoms with Gasteiger partial charge in [0.2, 0.25) is 0 Å². The van der Waals surface area contributed by atoms with E-state index in [2.05, 4.69) is 35.0 Å². The maximum Gasteiger partial charge on any atom is 0.257 e. The number of fused-ring (bicyclic) bond motifs is 1. The van der Waals surface area contributed by atoms with Crippen molar-refractivity contribution in [2.45, 2.75) is 53.0 Å². The lowest BCUT2D eigenvalue weighted by molar-refractivity contribution is -0.123. The molecule has 0 aliphatic carbocycles. The van der Waals surface area contributed by atoms with Crippen LogP contribution in [0.1, 0.15) is 43.1 Å². The molecule has 5 heteroatoms. The SMILES string of the molecule is CCCCn1c(CCCNC(=O)COc2cc(C)ccc2C)nc2ccccc21. The third-order valence-electron chi connectivity index (χ3n) is 5.07. The number of hydrogen-bond donors (Lipinski definition) is 1. The largest absolute Gasteiger partial charge is 0.483 e. The van der Waals surface area contributed by atoms with E-state index in [1.807, 2.05) is 38.1 Å². The second kappa shape index (κ2) is 10.1. The van der Waals surface area contributed by atoms with Crippen LogP contribution in [-0.2, 0) is 17.8 Å². The summed E-state index contributed by atoms with van der Waals surface area (Å²) in [7, 11) is 0. The fraction of sp³-hybridized carbons (Fsp3) is 0.417. The summed E-state index contributed by atoms with van der Waals surface area (Å²) < 4.78 is 7.99. The fourth-order valence-corrected chi connectivity index (χ4v) is 3.41. The molecule has 0 unspecified atom stereocenters. The Labute approximate surface area is 173 Å². The van der Waals surface area contributed by atoms with Crippen molar-refractivity contribution in [3.8, 4) is 5.75 Å². The molecule has 0 bridgehead atoms. The van der Waals surface area contributed by atoms with E-state index >= 15 is 0 Å². The van der Waals surface area contributed by atoms with Gasteiger partial charge in [-0.2, -0.15) is 0 Å². The van der Waals surface area contributed by atoms with Gasteiger partial charge in [0, 0.05) is 19.5 Å². The average Bonchev–Trinajstić information content (AvgIpc) is 3.07. The zero-order valence-electron chi connectivity index (χ0n) is 17.7. The van der Waals surface area contributed by atoms with E-state index < -0.39 is 0 Å². The van der Waals surface area contributed by atoms with Gasteiger partial charge in [-0.15, -0.1) is 0 Å². The molecular formula is C24H31N3O2. The van der Waals surface area contributed by atoms with Crippen LogP contribution in [0.2, 0.25) is 0 Å². The van der Waals surface area contributed by atoms with E-state index in [1.165, 1.54) is 5.52 Å². The molecule has 1 amide bonds. The third-order valence-corrected chi connectivity index (χ3v) is 5.07. The Morgan fingerprint density at radius 1 is 1.14 bits per heavy atom. The van der Waals surface area contributed by atoms with Crippen LogP contribution < -0.4 is 10.1 Å². The van der Waals surface area contributed by atoms with Crippen LogP contribution in [-0.4, -0.2) is 28.6 Å². The molecule has 1 N–H and O–H groups in total. The highest BCUT2D eigenvalue weighted by atomic mass is 16.5. The highest BCUT2D eigenvalue weighted by Crippen LogP contribution is 2.19. The minimum Gasteiger partial charge on any atom is -0.483 e. The summed E-state index contributed by atoms with van der Waals surface area (Å²) in [6.45, 7) is 7.85. The van der Waals surface area contributed by atoms with Crippen LogP contribution in [0.15, 0.2) is 42.5 Å². The minimum atomic E-state index is -0.0922. The monoisotopic (exact) mass is 393 g/mol. The van der Waals surface area contributed by atoms with Gasteiger partial charge in [-0.25, -0.2) is 4.98 Å². The fourth-order valence-electron chi connectivity index (χ4n) is 3.41. The van der Waals surface area contributed by atoms with Gasteiger partial charge in [0.15, 0.2) is 6.61 Å². The van der Waals surface area contributed by atoms with Crippen LogP contribution in [0.5, 0.6) is 5.75 Å². The molecule has 0 fully saturated rings. The van der Waals surface area contributed by atoms with Gasteiger partial charge in [0.05, 0.1) is 11.0 Å². The highest BCUT2D eigenvalue weighted by molar-refractivity contribution is 5.77. The first-order valence-electron chi connectivity index (χ1n) is 10.5. The molecule has 2 aromatic carbocycles. The molecule has 0 aliphatic heterocycles. The molecule has 0 aliphatic rings. The second-order valence-electron chi connectivity index (χ2n) is 7.53. The topological polar surface area (TPSA) is 56.2 Å². The van der Waals surface area contributed by atoms with Crippen LogP contribution >= 0.6 is 0 Å². The van der Waals surface area contributed by atoms with E-state index in [1.54, 1.807) is 0 Å². The maximum absolute atomic E-state index is 12.1. The summed E-state index contributed by atoms with van der Waals surface area (Å²) >= 11 is 0. The number of para-hydroxylation sites is 2. The molecule has 5 nitrogen and oxygen atoms in total. The Morgan fingerprint density at radius 2 is 1.97 bits per heavy atom. The number of rotatable bonds is 10. The standard InChI is InChI=1S/C24H31N3O2/c1-4-5-15-27-21-10-7-6-9-20(21)26-23(27)11-8-14-25-24(28)17-29-22-16-18(2)12-13-19(22)3/h6-7,9-10,12-13,16H,4-5,8,11,14-15,17H2,1-3H3,(H,25,28). The number of carbonyl (C=O) groups excluding carboxylic acids is 1. The zero-order valence-corrected chi connectivity index (χ0v) is 17.7. The smallest absolute Gasteiger partial charge is 0.257 e. The minimum absolute atomic E-state index is 0.0410.